The van der Waals surface area contributed by atoms with Crippen molar-refractivity contribution in [1.82, 2.24) is 5.32 Å². The van der Waals surface area contributed by atoms with Crippen LogP contribution in [0.3, 0.4) is 0 Å². The number of hydrogen-bond donors (Lipinski definition) is 1. The summed E-state index contributed by atoms with van der Waals surface area (Å²) < 4.78 is 5.88. The third kappa shape index (κ3) is 2.82. The fourth-order valence-corrected chi connectivity index (χ4v) is 2.17. The second-order valence-electron chi connectivity index (χ2n) is 4.91. The van der Waals surface area contributed by atoms with Crippen LogP contribution < -0.4 is 10.1 Å². The minimum Gasteiger partial charge on any atom is -0.493 e. The molecule has 0 saturated heterocycles. The minimum atomic E-state index is 0.785. The predicted molar refractivity (Wildman–Crippen MR) is 75.1 cm³/mol. The molecule has 0 aliphatic heterocycles. The molecule has 0 amide bonds. The quantitative estimate of drug-likeness (QED) is 0.783. The summed E-state index contributed by atoms with van der Waals surface area (Å²) in [4.78, 5) is 0. The highest BCUT2D eigenvalue weighted by molar-refractivity contribution is 5.88. The maximum Gasteiger partial charge on any atom is 0.127 e. The van der Waals surface area contributed by atoms with Gasteiger partial charge in [0.15, 0.2) is 0 Å². The largest absolute Gasteiger partial charge is 0.493 e. The third-order valence-electron chi connectivity index (χ3n) is 3.34. The van der Waals surface area contributed by atoms with Gasteiger partial charge in [0.2, 0.25) is 0 Å². The minimum absolute atomic E-state index is 0.785. The van der Waals surface area contributed by atoms with Crippen LogP contribution >= 0.6 is 0 Å². The smallest absolute Gasteiger partial charge is 0.127 e. The Labute approximate surface area is 108 Å². The van der Waals surface area contributed by atoms with Gasteiger partial charge in [0.1, 0.15) is 5.75 Å². The fraction of sp³-hybridized carbons (Fsp3) is 0.375. The van der Waals surface area contributed by atoms with Crippen LogP contribution in [0.4, 0.5) is 0 Å². The Morgan fingerprint density at radius 2 is 1.89 bits per heavy atom. The summed E-state index contributed by atoms with van der Waals surface area (Å²) in [6.07, 6.45) is 3.77. The second-order valence-corrected chi connectivity index (χ2v) is 4.91. The third-order valence-corrected chi connectivity index (χ3v) is 3.34. The molecule has 1 saturated carbocycles. The van der Waals surface area contributed by atoms with E-state index in [4.69, 9.17) is 4.74 Å². The van der Waals surface area contributed by atoms with E-state index < -0.39 is 0 Å². The number of ether oxygens (including phenoxy) is 1. The first-order chi connectivity index (χ1) is 8.93. The molecule has 1 N–H and O–H groups in total. The van der Waals surface area contributed by atoms with Gasteiger partial charge >= 0.3 is 0 Å². The molecule has 2 aromatic carbocycles. The SMILES string of the molecule is c1ccc2c(OCCCNC3CC3)cccc2c1. The normalized spacial score (nSPS) is 14.9. The molecule has 0 bridgehead atoms. The van der Waals surface area contributed by atoms with Crippen LogP contribution in [-0.4, -0.2) is 19.2 Å². The lowest BCUT2D eigenvalue weighted by Gasteiger charge is -2.09. The summed E-state index contributed by atoms with van der Waals surface area (Å²) in [6, 6.07) is 15.4. The fourth-order valence-electron chi connectivity index (χ4n) is 2.17. The average Bonchev–Trinajstić information content (AvgIpc) is 3.23. The topological polar surface area (TPSA) is 21.3 Å². The number of rotatable bonds is 6. The predicted octanol–water partition coefficient (Wildman–Crippen LogP) is 3.36. The van der Waals surface area contributed by atoms with Gasteiger partial charge in [-0.2, -0.15) is 0 Å². The first-order valence-electron chi connectivity index (χ1n) is 6.77. The molecule has 0 atom stereocenters. The highest BCUT2D eigenvalue weighted by Crippen LogP contribution is 2.25. The molecule has 2 heteroatoms. The summed E-state index contributed by atoms with van der Waals surface area (Å²) in [5.74, 6) is 1.000. The number of nitrogens with one attached hydrogen (secondary N) is 1. The van der Waals surface area contributed by atoms with Crippen molar-refractivity contribution >= 4 is 10.8 Å². The van der Waals surface area contributed by atoms with Gasteiger partial charge in [-0.25, -0.2) is 0 Å². The van der Waals surface area contributed by atoms with Crippen LogP contribution in [0.1, 0.15) is 19.3 Å². The summed E-state index contributed by atoms with van der Waals surface area (Å²) >= 11 is 0. The van der Waals surface area contributed by atoms with Crippen molar-refractivity contribution in [3.8, 4) is 5.75 Å². The molecule has 0 aromatic heterocycles. The van der Waals surface area contributed by atoms with Crippen molar-refractivity contribution in [2.75, 3.05) is 13.2 Å². The van der Waals surface area contributed by atoms with Crippen LogP contribution in [0.25, 0.3) is 10.8 Å². The van der Waals surface area contributed by atoms with Gasteiger partial charge in [-0.05, 0) is 37.3 Å². The van der Waals surface area contributed by atoms with E-state index in [2.05, 4.69) is 47.8 Å². The van der Waals surface area contributed by atoms with E-state index in [1.807, 2.05) is 0 Å². The van der Waals surface area contributed by atoms with Crippen LogP contribution in [0, 0.1) is 0 Å². The van der Waals surface area contributed by atoms with Gasteiger partial charge in [0, 0.05) is 11.4 Å². The van der Waals surface area contributed by atoms with E-state index >= 15 is 0 Å². The highest BCUT2D eigenvalue weighted by atomic mass is 16.5. The number of hydrogen-bond acceptors (Lipinski definition) is 2. The zero-order valence-electron chi connectivity index (χ0n) is 10.6. The van der Waals surface area contributed by atoms with Crippen LogP contribution in [0.2, 0.25) is 0 Å². The van der Waals surface area contributed by atoms with E-state index in [0.717, 1.165) is 31.4 Å². The standard InChI is InChI=1S/C16H19NO/c1-2-7-15-13(5-1)6-3-8-16(15)18-12-4-11-17-14-9-10-14/h1-3,5-8,14,17H,4,9-12H2. The zero-order valence-corrected chi connectivity index (χ0v) is 10.6. The van der Waals surface area contributed by atoms with Crippen molar-refractivity contribution in [1.29, 1.82) is 0 Å². The summed E-state index contributed by atoms with van der Waals surface area (Å²) in [7, 11) is 0. The Hall–Kier alpha value is -1.54. The Morgan fingerprint density at radius 1 is 1.06 bits per heavy atom. The highest BCUT2D eigenvalue weighted by Gasteiger charge is 2.19. The number of benzene rings is 2. The van der Waals surface area contributed by atoms with Crippen LogP contribution in [-0.2, 0) is 0 Å². The first-order valence-corrected chi connectivity index (χ1v) is 6.77. The summed E-state index contributed by atoms with van der Waals surface area (Å²) in [5.41, 5.74) is 0. The lowest BCUT2D eigenvalue weighted by molar-refractivity contribution is 0.311. The number of fused-ring (bicyclic) bond motifs is 1. The lowest BCUT2D eigenvalue weighted by Crippen LogP contribution is -2.19. The van der Waals surface area contributed by atoms with Crippen molar-refractivity contribution in [2.45, 2.75) is 25.3 Å². The van der Waals surface area contributed by atoms with Crippen molar-refractivity contribution in [3.63, 3.8) is 0 Å². The summed E-state index contributed by atoms with van der Waals surface area (Å²) in [6.45, 7) is 1.85. The first kappa shape index (κ1) is 11.5. The monoisotopic (exact) mass is 241 g/mol. The maximum atomic E-state index is 5.88. The van der Waals surface area contributed by atoms with E-state index in [0.29, 0.717) is 0 Å². The van der Waals surface area contributed by atoms with Gasteiger partial charge < -0.3 is 10.1 Å². The Kier molecular flexibility index (Phi) is 3.47. The molecule has 1 fully saturated rings. The lowest BCUT2D eigenvalue weighted by atomic mass is 10.1. The Balaban J connectivity index is 1.56. The van der Waals surface area contributed by atoms with Crippen LogP contribution in [0.15, 0.2) is 42.5 Å². The van der Waals surface area contributed by atoms with Gasteiger partial charge in [-0.1, -0.05) is 36.4 Å². The van der Waals surface area contributed by atoms with Gasteiger partial charge in [-0.3, -0.25) is 0 Å². The molecule has 94 valence electrons. The second kappa shape index (κ2) is 5.40. The molecule has 1 aliphatic carbocycles. The molecule has 0 spiro atoms. The molecular weight excluding hydrogens is 222 g/mol. The van der Waals surface area contributed by atoms with Gasteiger partial charge in [0.25, 0.3) is 0 Å². The van der Waals surface area contributed by atoms with Crippen molar-refractivity contribution in [3.05, 3.63) is 42.5 Å². The van der Waals surface area contributed by atoms with Gasteiger partial charge in [-0.15, -0.1) is 0 Å². The van der Waals surface area contributed by atoms with E-state index in [-0.39, 0.29) is 0 Å². The molecular formula is C16H19NO. The molecule has 18 heavy (non-hydrogen) atoms. The van der Waals surface area contributed by atoms with Crippen molar-refractivity contribution in [2.24, 2.45) is 0 Å². The molecule has 0 heterocycles. The van der Waals surface area contributed by atoms with E-state index in [1.54, 1.807) is 0 Å². The summed E-state index contributed by atoms with van der Waals surface area (Å²) in [5, 5.41) is 5.95. The van der Waals surface area contributed by atoms with E-state index in [1.165, 1.54) is 23.6 Å². The molecule has 1 aliphatic rings. The molecule has 2 nitrogen and oxygen atoms in total. The molecule has 2 aromatic rings. The van der Waals surface area contributed by atoms with Crippen LogP contribution in [0.5, 0.6) is 5.75 Å². The molecule has 3 rings (SSSR count). The van der Waals surface area contributed by atoms with Gasteiger partial charge in [0.05, 0.1) is 6.61 Å². The average molecular weight is 241 g/mol. The Morgan fingerprint density at radius 3 is 2.78 bits per heavy atom. The molecule has 0 radical (unpaired) electrons. The molecule has 0 unspecified atom stereocenters. The Bertz CT molecular complexity index is 514. The van der Waals surface area contributed by atoms with Crippen molar-refractivity contribution < 1.29 is 4.74 Å². The zero-order chi connectivity index (χ0) is 12.2. The van der Waals surface area contributed by atoms with E-state index in [9.17, 15) is 0 Å². The maximum absolute atomic E-state index is 5.88.